The second-order valence-corrected chi connectivity index (χ2v) is 7.11. The van der Waals surface area contributed by atoms with Crippen molar-refractivity contribution in [1.29, 1.82) is 0 Å². The number of carboxylic acid groups (broad SMARTS) is 1. The average Bonchev–Trinajstić information content (AvgIpc) is 3.11. The number of carboxylic acids is 1. The standard InChI is InChI=1S/C15H18N2O2S2/c18-14(19)7-11-1-4-17(5-2-11)8-13-10-21-15(16-13)12-3-6-20-9-12/h3,6,9-11H,1-2,4-5,7-8H2,(H,18,19). The molecule has 2 aromatic heterocycles. The molecule has 0 spiro atoms. The Morgan fingerprint density at radius 1 is 1.38 bits per heavy atom. The number of hydrogen-bond acceptors (Lipinski definition) is 5. The molecular formula is C15H18N2O2S2. The van der Waals surface area contributed by atoms with Crippen molar-refractivity contribution in [2.45, 2.75) is 25.8 Å². The molecule has 0 atom stereocenters. The molecule has 0 radical (unpaired) electrons. The number of piperidine rings is 1. The van der Waals surface area contributed by atoms with Crippen molar-refractivity contribution in [3.05, 3.63) is 27.9 Å². The number of thiophene rings is 1. The highest BCUT2D eigenvalue weighted by molar-refractivity contribution is 7.14. The van der Waals surface area contributed by atoms with E-state index in [1.807, 2.05) is 0 Å². The van der Waals surface area contributed by atoms with Crippen LogP contribution in [0.1, 0.15) is 25.0 Å². The van der Waals surface area contributed by atoms with Gasteiger partial charge in [-0.25, -0.2) is 4.98 Å². The van der Waals surface area contributed by atoms with Crippen molar-refractivity contribution in [3.63, 3.8) is 0 Å². The molecule has 0 aromatic carbocycles. The summed E-state index contributed by atoms with van der Waals surface area (Å²) < 4.78 is 0. The molecule has 1 aliphatic heterocycles. The van der Waals surface area contributed by atoms with Crippen LogP contribution in [0.3, 0.4) is 0 Å². The van der Waals surface area contributed by atoms with Gasteiger partial charge in [0.2, 0.25) is 0 Å². The molecule has 0 bridgehead atoms. The van der Waals surface area contributed by atoms with Gasteiger partial charge < -0.3 is 5.11 Å². The minimum atomic E-state index is -0.673. The van der Waals surface area contributed by atoms with Gasteiger partial charge in [-0.2, -0.15) is 11.3 Å². The Hall–Kier alpha value is -1.24. The summed E-state index contributed by atoms with van der Waals surface area (Å²) in [7, 11) is 0. The van der Waals surface area contributed by atoms with Crippen LogP contribution in [0, 0.1) is 5.92 Å². The van der Waals surface area contributed by atoms with E-state index in [9.17, 15) is 4.79 Å². The summed E-state index contributed by atoms with van der Waals surface area (Å²) in [5.74, 6) is -0.330. The third-order valence-electron chi connectivity index (χ3n) is 3.88. The van der Waals surface area contributed by atoms with Crippen molar-refractivity contribution < 1.29 is 9.90 Å². The third-order valence-corrected chi connectivity index (χ3v) is 5.50. The first kappa shape index (κ1) is 14.7. The fourth-order valence-corrected chi connectivity index (χ4v) is 4.25. The quantitative estimate of drug-likeness (QED) is 0.914. The zero-order valence-electron chi connectivity index (χ0n) is 11.7. The molecule has 6 heteroatoms. The average molecular weight is 322 g/mol. The molecule has 1 saturated heterocycles. The van der Waals surface area contributed by atoms with Crippen LogP contribution in [0.25, 0.3) is 10.6 Å². The fourth-order valence-electron chi connectivity index (χ4n) is 2.72. The predicted octanol–water partition coefficient (Wildman–Crippen LogP) is 3.56. The van der Waals surface area contributed by atoms with Crippen molar-refractivity contribution in [3.8, 4) is 10.6 Å². The highest BCUT2D eigenvalue weighted by atomic mass is 32.1. The number of carbonyl (C=O) groups is 1. The van der Waals surface area contributed by atoms with E-state index in [1.165, 1.54) is 5.56 Å². The monoisotopic (exact) mass is 322 g/mol. The minimum absolute atomic E-state index is 0.312. The number of aromatic nitrogens is 1. The molecule has 3 rings (SSSR count). The number of rotatable bonds is 5. The van der Waals surface area contributed by atoms with Gasteiger partial charge >= 0.3 is 5.97 Å². The molecule has 2 aromatic rings. The lowest BCUT2D eigenvalue weighted by molar-refractivity contribution is -0.138. The van der Waals surface area contributed by atoms with E-state index in [4.69, 9.17) is 10.1 Å². The van der Waals surface area contributed by atoms with Gasteiger partial charge in [-0.3, -0.25) is 9.69 Å². The highest BCUT2D eigenvalue weighted by Crippen LogP contribution is 2.27. The molecule has 1 fully saturated rings. The summed E-state index contributed by atoms with van der Waals surface area (Å²) >= 11 is 3.39. The van der Waals surface area contributed by atoms with Crippen molar-refractivity contribution in [1.82, 2.24) is 9.88 Å². The molecule has 0 amide bonds. The van der Waals surface area contributed by atoms with Crippen LogP contribution in [0.5, 0.6) is 0 Å². The van der Waals surface area contributed by atoms with Crippen LogP contribution in [0.4, 0.5) is 0 Å². The predicted molar refractivity (Wildman–Crippen MR) is 85.7 cm³/mol. The maximum atomic E-state index is 10.7. The van der Waals surface area contributed by atoms with Crippen LogP contribution in [-0.2, 0) is 11.3 Å². The second kappa shape index (κ2) is 6.68. The van der Waals surface area contributed by atoms with Gasteiger partial charge in [0.1, 0.15) is 5.01 Å². The lowest BCUT2D eigenvalue weighted by Crippen LogP contribution is -2.34. The van der Waals surface area contributed by atoms with Gasteiger partial charge in [0.25, 0.3) is 0 Å². The first-order valence-corrected chi connectivity index (χ1v) is 8.94. The molecule has 3 heterocycles. The van der Waals surface area contributed by atoms with E-state index in [0.29, 0.717) is 12.3 Å². The van der Waals surface area contributed by atoms with Gasteiger partial charge in [-0.05, 0) is 43.3 Å². The van der Waals surface area contributed by atoms with Crippen molar-refractivity contribution in [2.75, 3.05) is 13.1 Å². The maximum Gasteiger partial charge on any atom is 0.303 e. The second-order valence-electron chi connectivity index (χ2n) is 5.47. The maximum absolute atomic E-state index is 10.7. The summed E-state index contributed by atoms with van der Waals surface area (Å²) in [6.45, 7) is 2.83. The molecule has 0 saturated carbocycles. The largest absolute Gasteiger partial charge is 0.481 e. The number of hydrogen-bond donors (Lipinski definition) is 1. The topological polar surface area (TPSA) is 53.4 Å². The van der Waals surface area contributed by atoms with E-state index in [2.05, 4.69) is 27.1 Å². The molecule has 112 valence electrons. The number of nitrogens with zero attached hydrogens (tertiary/aromatic N) is 2. The summed E-state index contributed by atoms with van der Waals surface area (Å²) in [6.07, 6.45) is 2.27. The summed E-state index contributed by atoms with van der Waals surface area (Å²) in [5, 5.41) is 16.3. The lowest BCUT2D eigenvalue weighted by atomic mass is 9.93. The van der Waals surface area contributed by atoms with Crippen molar-refractivity contribution in [2.24, 2.45) is 5.92 Å². The van der Waals surface area contributed by atoms with E-state index in [1.54, 1.807) is 22.7 Å². The van der Waals surface area contributed by atoms with Gasteiger partial charge in [-0.15, -0.1) is 11.3 Å². The van der Waals surface area contributed by atoms with Crippen LogP contribution in [0.2, 0.25) is 0 Å². The number of thiazole rings is 1. The van der Waals surface area contributed by atoms with Gasteiger partial charge in [0.05, 0.1) is 5.69 Å². The van der Waals surface area contributed by atoms with E-state index < -0.39 is 5.97 Å². The number of likely N-dealkylation sites (tertiary alicyclic amines) is 1. The SMILES string of the molecule is O=C(O)CC1CCN(Cc2csc(-c3ccsc3)n2)CC1. The first-order valence-electron chi connectivity index (χ1n) is 7.12. The van der Waals surface area contributed by atoms with Gasteiger partial charge in [0.15, 0.2) is 0 Å². The number of aliphatic carboxylic acids is 1. The Morgan fingerprint density at radius 2 is 2.19 bits per heavy atom. The van der Waals surface area contributed by atoms with Crippen LogP contribution in [-0.4, -0.2) is 34.0 Å². The van der Waals surface area contributed by atoms with Crippen molar-refractivity contribution >= 4 is 28.6 Å². The summed E-state index contributed by atoms with van der Waals surface area (Å²) in [5.41, 5.74) is 2.33. The molecule has 1 N–H and O–H groups in total. The molecule has 1 aliphatic rings. The Balaban J connectivity index is 1.53. The summed E-state index contributed by atoms with van der Waals surface area (Å²) in [6, 6.07) is 2.10. The zero-order valence-corrected chi connectivity index (χ0v) is 13.3. The molecule has 0 aliphatic carbocycles. The van der Waals surface area contributed by atoms with Crippen LogP contribution >= 0.6 is 22.7 Å². The Morgan fingerprint density at radius 3 is 2.86 bits per heavy atom. The highest BCUT2D eigenvalue weighted by Gasteiger charge is 2.21. The Labute approximate surface area is 132 Å². The van der Waals surface area contributed by atoms with Gasteiger partial charge in [-0.1, -0.05) is 0 Å². The van der Waals surface area contributed by atoms with E-state index >= 15 is 0 Å². The smallest absolute Gasteiger partial charge is 0.303 e. The Kier molecular flexibility index (Phi) is 4.67. The lowest BCUT2D eigenvalue weighted by Gasteiger charge is -2.30. The third kappa shape index (κ3) is 3.90. The van der Waals surface area contributed by atoms with Crippen LogP contribution in [0.15, 0.2) is 22.2 Å². The van der Waals surface area contributed by atoms with Crippen LogP contribution < -0.4 is 0 Å². The Bertz CT molecular complexity index is 587. The zero-order chi connectivity index (χ0) is 14.7. The van der Waals surface area contributed by atoms with E-state index in [-0.39, 0.29) is 0 Å². The normalized spacial score (nSPS) is 17.1. The molecule has 4 nitrogen and oxygen atoms in total. The summed E-state index contributed by atoms with van der Waals surface area (Å²) in [4.78, 5) is 17.8. The van der Waals surface area contributed by atoms with Gasteiger partial charge in [0, 0.05) is 29.3 Å². The van der Waals surface area contributed by atoms with E-state index in [0.717, 1.165) is 43.2 Å². The first-order chi connectivity index (χ1) is 10.2. The molecular weight excluding hydrogens is 304 g/mol. The minimum Gasteiger partial charge on any atom is -0.481 e. The molecule has 21 heavy (non-hydrogen) atoms. The molecule has 0 unspecified atom stereocenters. The fraction of sp³-hybridized carbons (Fsp3) is 0.467.